The van der Waals surface area contributed by atoms with Crippen molar-refractivity contribution in [2.45, 2.75) is 12.5 Å². The molecule has 0 aliphatic rings. The van der Waals surface area contributed by atoms with Gasteiger partial charge < -0.3 is 4.74 Å². The van der Waals surface area contributed by atoms with E-state index in [1.807, 2.05) is 0 Å². The maximum atomic E-state index is 12.5. The van der Waals surface area contributed by atoms with E-state index in [4.69, 9.17) is 0 Å². The Morgan fingerprint density at radius 1 is 0.917 bits per heavy atom. The molecule has 10 heteroatoms. The number of hydrogen-bond donors (Lipinski definition) is 0. The highest BCUT2D eigenvalue weighted by atomic mass is 19.4. The first-order valence-corrected chi connectivity index (χ1v) is 6.19. The van der Waals surface area contributed by atoms with E-state index in [1.54, 1.807) is 0 Å². The first-order chi connectivity index (χ1) is 11.0. The summed E-state index contributed by atoms with van der Waals surface area (Å²) >= 11 is 0. The van der Waals surface area contributed by atoms with Crippen molar-refractivity contribution in [1.82, 2.24) is 0 Å². The number of halogens is 6. The number of rotatable bonds is 3. The maximum Gasteiger partial charge on any atom is 0.573 e. The van der Waals surface area contributed by atoms with Gasteiger partial charge in [0.15, 0.2) is 0 Å². The van der Waals surface area contributed by atoms with E-state index in [9.17, 15) is 36.5 Å². The van der Waals surface area contributed by atoms with E-state index in [0.29, 0.717) is 6.07 Å². The molecule has 0 aromatic heterocycles. The Bertz CT molecular complexity index is 753. The van der Waals surface area contributed by atoms with Crippen LogP contribution >= 0.6 is 0 Å². The molecule has 0 radical (unpaired) electrons. The molecule has 0 amide bonds. The molecule has 0 bridgehead atoms. The zero-order valence-electron chi connectivity index (χ0n) is 11.5. The molecule has 0 atom stereocenters. The normalized spacial score (nSPS) is 12.1. The van der Waals surface area contributed by atoms with Crippen LogP contribution in [0.1, 0.15) is 5.56 Å². The quantitative estimate of drug-likeness (QED) is 0.435. The Labute approximate surface area is 130 Å². The van der Waals surface area contributed by atoms with Crippen molar-refractivity contribution >= 4 is 5.69 Å². The number of nitrogens with zero attached hydrogens (tertiary/aromatic N) is 1. The van der Waals surface area contributed by atoms with Gasteiger partial charge in [0.1, 0.15) is 5.75 Å². The average molecular weight is 351 g/mol. The second-order valence-corrected chi connectivity index (χ2v) is 4.56. The lowest BCUT2D eigenvalue weighted by molar-refractivity contribution is -0.384. The van der Waals surface area contributed by atoms with E-state index in [0.717, 1.165) is 36.4 Å². The fraction of sp³-hybridized carbons (Fsp3) is 0.143. The summed E-state index contributed by atoms with van der Waals surface area (Å²) in [6, 6.07) is 5.80. The van der Waals surface area contributed by atoms with Crippen LogP contribution in [-0.4, -0.2) is 11.3 Å². The second kappa shape index (κ2) is 6.02. The van der Waals surface area contributed by atoms with Gasteiger partial charge in [0.05, 0.1) is 22.1 Å². The van der Waals surface area contributed by atoms with Crippen molar-refractivity contribution in [2.24, 2.45) is 0 Å². The van der Waals surface area contributed by atoms with Crippen LogP contribution in [0.4, 0.5) is 32.0 Å². The third-order valence-corrected chi connectivity index (χ3v) is 2.92. The van der Waals surface area contributed by atoms with Gasteiger partial charge in [-0.1, -0.05) is 12.1 Å². The van der Waals surface area contributed by atoms with Gasteiger partial charge in [-0.15, -0.1) is 13.2 Å². The van der Waals surface area contributed by atoms with Gasteiger partial charge in [-0.3, -0.25) is 10.1 Å². The van der Waals surface area contributed by atoms with Gasteiger partial charge in [-0.2, -0.15) is 13.2 Å². The van der Waals surface area contributed by atoms with Crippen LogP contribution in [0.25, 0.3) is 11.1 Å². The number of hydrogen-bond acceptors (Lipinski definition) is 3. The van der Waals surface area contributed by atoms with Crippen molar-refractivity contribution in [1.29, 1.82) is 0 Å². The summed E-state index contributed by atoms with van der Waals surface area (Å²) in [6.07, 6.45) is -9.60. The van der Waals surface area contributed by atoms with Crippen molar-refractivity contribution in [3.63, 3.8) is 0 Å². The van der Waals surface area contributed by atoms with Gasteiger partial charge in [0.25, 0.3) is 5.69 Å². The van der Waals surface area contributed by atoms with Crippen LogP contribution in [0, 0.1) is 10.1 Å². The van der Waals surface area contributed by atoms with E-state index < -0.39 is 34.5 Å². The molecular formula is C14H7F6NO3. The highest BCUT2D eigenvalue weighted by molar-refractivity contribution is 5.74. The molecule has 0 saturated heterocycles. The van der Waals surface area contributed by atoms with E-state index in [1.165, 1.54) is 0 Å². The average Bonchev–Trinajstić information content (AvgIpc) is 2.44. The van der Waals surface area contributed by atoms with Gasteiger partial charge >= 0.3 is 12.5 Å². The summed E-state index contributed by atoms with van der Waals surface area (Å²) in [7, 11) is 0. The molecule has 0 saturated carbocycles. The molecule has 2 aromatic carbocycles. The third kappa shape index (κ3) is 4.15. The molecular weight excluding hydrogens is 344 g/mol. The van der Waals surface area contributed by atoms with Crippen LogP contribution in [0.5, 0.6) is 5.75 Å². The summed E-state index contributed by atoms with van der Waals surface area (Å²) in [5.41, 5.74) is -1.76. The van der Waals surface area contributed by atoms with Crippen LogP contribution in [0.15, 0.2) is 42.5 Å². The van der Waals surface area contributed by atoms with E-state index in [-0.39, 0.29) is 11.1 Å². The molecule has 0 aliphatic heterocycles. The van der Waals surface area contributed by atoms with Crippen LogP contribution in [0.2, 0.25) is 0 Å². The predicted molar refractivity (Wildman–Crippen MR) is 70.2 cm³/mol. The minimum absolute atomic E-state index is 0.0493. The minimum atomic E-state index is -5.02. The van der Waals surface area contributed by atoms with Crippen LogP contribution in [-0.2, 0) is 6.18 Å². The first-order valence-electron chi connectivity index (χ1n) is 6.19. The monoisotopic (exact) mass is 351 g/mol. The topological polar surface area (TPSA) is 52.4 Å². The van der Waals surface area contributed by atoms with Crippen molar-refractivity contribution in [3.05, 3.63) is 58.1 Å². The molecule has 0 fully saturated rings. The van der Waals surface area contributed by atoms with Crippen LogP contribution in [0.3, 0.4) is 0 Å². The molecule has 0 heterocycles. The molecule has 128 valence electrons. The SMILES string of the molecule is O=[N+]([O-])c1cc(OC(F)(F)F)ccc1-c1ccc(C(F)(F)F)cc1. The third-order valence-electron chi connectivity index (χ3n) is 2.92. The lowest BCUT2D eigenvalue weighted by atomic mass is 10.0. The molecule has 0 unspecified atom stereocenters. The molecule has 4 nitrogen and oxygen atoms in total. The Morgan fingerprint density at radius 3 is 1.96 bits per heavy atom. The number of alkyl halides is 6. The van der Waals surface area contributed by atoms with E-state index >= 15 is 0 Å². The lowest BCUT2D eigenvalue weighted by Crippen LogP contribution is -2.17. The number of nitro benzene ring substituents is 1. The largest absolute Gasteiger partial charge is 0.573 e. The van der Waals surface area contributed by atoms with E-state index in [2.05, 4.69) is 4.74 Å². The molecule has 24 heavy (non-hydrogen) atoms. The summed E-state index contributed by atoms with van der Waals surface area (Å²) in [5, 5.41) is 11.0. The van der Waals surface area contributed by atoms with Crippen molar-refractivity contribution in [2.75, 3.05) is 0 Å². The van der Waals surface area contributed by atoms with Crippen molar-refractivity contribution in [3.8, 4) is 16.9 Å². The molecule has 2 rings (SSSR count). The highest BCUT2D eigenvalue weighted by Crippen LogP contribution is 2.36. The van der Waals surface area contributed by atoms with Crippen LogP contribution < -0.4 is 4.74 Å². The number of nitro groups is 1. The van der Waals surface area contributed by atoms with Gasteiger partial charge in [0, 0.05) is 0 Å². The first kappa shape index (κ1) is 17.6. The predicted octanol–water partition coefficient (Wildman–Crippen LogP) is 5.18. The van der Waals surface area contributed by atoms with Gasteiger partial charge in [-0.25, -0.2) is 0 Å². The fourth-order valence-electron chi connectivity index (χ4n) is 1.94. The standard InChI is InChI=1S/C14H7F6NO3/c15-13(16,17)9-3-1-8(2-4-9)11-6-5-10(24-14(18,19)20)7-12(11)21(22)23/h1-7H. The molecule has 2 aromatic rings. The fourth-order valence-corrected chi connectivity index (χ4v) is 1.94. The molecule has 0 spiro atoms. The number of ether oxygens (including phenoxy) is 1. The Hall–Kier alpha value is -2.78. The lowest BCUT2D eigenvalue weighted by Gasteiger charge is -2.11. The zero-order chi connectivity index (χ0) is 18.1. The Kier molecular flexibility index (Phi) is 4.41. The summed E-state index contributed by atoms with van der Waals surface area (Å²) < 4.78 is 77.6. The Balaban J connectivity index is 2.44. The summed E-state index contributed by atoms with van der Waals surface area (Å²) in [4.78, 5) is 10.1. The molecule has 0 N–H and O–H groups in total. The summed E-state index contributed by atoms with van der Waals surface area (Å²) in [5.74, 6) is -0.801. The zero-order valence-corrected chi connectivity index (χ0v) is 11.5. The van der Waals surface area contributed by atoms with Crippen molar-refractivity contribution < 1.29 is 36.0 Å². The highest BCUT2D eigenvalue weighted by Gasteiger charge is 2.32. The second-order valence-electron chi connectivity index (χ2n) is 4.56. The summed E-state index contributed by atoms with van der Waals surface area (Å²) in [6.45, 7) is 0. The smallest absolute Gasteiger partial charge is 0.406 e. The Morgan fingerprint density at radius 2 is 1.50 bits per heavy atom. The number of benzene rings is 2. The minimum Gasteiger partial charge on any atom is -0.406 e. The van der Waals surface area contributed by atoms with Gasteiger partial charge in [0.2, 0.25) is 0 Å². The molecule has 0 aliphatic carbocycles. The van der Waals surface area contributed by atoms with Gasteiger partial charge in [-0.05, 0) is 29.8 Å². The maximum absolute atomic E-state index is 12.5.